The summed E-state index contributed by atoms with van der Waals surface area (Å²) in [7, 11) is 0. The standard InChI is InChI=1S/C15H21B/c1-2-6-13(7-3-1)12-16-14-8-4-9-15(16)11-5-10-14/h1-3,6-7,14-15H,4-5,8-12H2. The van der Waals surface area contributed by atoms with E-state index in [1.807, 2.05) is 0 Å². The van der Waals surface area contributed by atoms with Gasteiger partial charge in [0.2, 0.25) is 0 Å². The van der Waals surface area contributed by atoms with E-state index in [4.69, 9.17) is 0 Å². The monoisotopic (exact) mass is 212 g/mol. The molecule has 2 bridgehead atoms. The molecule has 3 rings (SSSR count). The van der Waals surface area contributed by atoms with Crippen molar-refractivity contribution < 1.29 is 0 Å². The zero-order valence-corrected chi connectivity index (χ0v) is 10.1. The second-order valence-electron chi connectivity index (χ2n) is 5.74. The van der Waals surface area contributed by atoms with E-state index in [9.17, 15) is 0 Å². The molecule has 0 amide bonds. The van der Waals surface area contributed by atoms with Crippen LogP contribution in [0.4, 0.5) is 0 Å². The van der Waals surface area contributed by atoms with E-state index in [-0.39, 0.29) is 0 Å². The Kier molecular flexibility index (Phi) is 3.03. The van der Waals surface area contributed by atoms with Crippen LogP contribution in [0, 0.1) is 0 Å². The highest BCUT2D eigenvalue weighted by atomic mass is 14.2. The molecule has 1 aromatic carbocycles. The molecule has 1 heteroatoms. The van der Waals surface area contributed by atoms with Crippen LogP contribution in [0.5, 0.6) is 0 Å². The molecule has 0 aliphatic carbocycles. The zero-order chi connectivity index (χ0) is 10.8. The Hall–Kier alpha value is -0.715. The Morgan fingerprint density at radius 1 is 0.875 bits per heavy atom. The highest BCUT2D eigenvalue weighted by Gasteiger charge is 2.38. The number of hydrogen-bond acceptors (Lipinski definition) is 0. The van der Waals surface area contributed by atoms with Crippen LogP contribution in [-0.4, -0.2) is 6.71 Å². The van der Waals surface area contributed by atoms with Crippen molar-refractivity contribution in [2.45, 2.75) is 56.5 Å². The van der Waals surface area contributed by atoms with Crippen molar-refractivity contribution in [2.24, 2.45) is 0 Å². The lowest BCUT2D eigenvalue weighted by Gasteiger charge is -2.40. The molecule has 0 nitrogen and oxygen atoms in total. The molecular formula is C15H21B. The Morgan fingerprint density at radius 2 is 1.44 bits per heavy atom. The van der Waals surface area contributed by atoms with Gasteiger partial charge in [-0.2, -0.15) is 0 Å². The van der Waals surface area contributed by atoms with Gasteiger partial charge in [0.25, 0.3) is 0 Å². The molecule has 84 valence electrons. The third-order valence-corrected chi connectivity index (χ3v) is 4.82. The number of benzene rings is 1. The maximum Gasteiger partial charge on any atom is 0.150 e. The summed E-state index contributed by atoms with van der Waals surface area (Å²) in [4.78, 5) is 0. The second-order valence-corrected chi connectivity index (χ2v) is 5.74. The van der Waals surface area contributed by atoms with E-state index in [1.165, 1.54) is 44.8 Å². The Morgan fingerprint density at radius 3 is 2.00 bits per heavy atom. The smallest absolute Gasteiger partial charge is 0.0622 e. The third-order valence-electron chi connectivity index (χ3n) is 4.82. The van der Waals surface area contributed by atoms with Crippen molar-refractivity contribution in [3.8, 4) is 0 Å². The average Bonchev–Trinajstić information content (AvgIpc) is 2.30. The maximum atomic E-state index is 2.31. The number of fused-ring (bicyclic) bond motifs is 2. The second kappa shape index (κ2) is 4.65. The van der Waals surface area contributed by atoms with E-state index in [2.05, 4.69) is 30.3 Å². The molecule has 16 heavy (non-hydrogen) atoms. The van der Waals surface area contributed by atoms with Crippen LogP contribution >= 0.6 is 0 Å². The fraction of sp³-hybridized carbons (Fsp3) is 0.600. The normalized spacial score (nSPS) is 29.1. The molecular weight excluding hydrogens is 191 g/mol. The molecule has 0 N–H and O–H groups in total. The summed E-state index contributed by atoms with van der Waals surface area (Å²) >= 11 is 0. The summed E-state index contributed by atoms with van der Waals surface area (Å²) in [6, 6.07) is 11.1. The predicted molar refractivity (Wildman–Crippen MR) is 71.1 cm³/mol. The molecule has 1 aromatic rings. The summed E-state index contributed by atoms with van der Waals surface area (Å²) in [5, 5.41) is 0. The lowest BCUT2D eigenvalue weighted by atomic mass is 9.25. The largest absolute Gasteiger partial charge is 0.150 e. The minimum atomic E-state index is 1.00. The summed E-state index contributed by atoms with van der Waals surface area (Å²) < 4.78 is 0. The van der Waals surface area contributed by atoms with E-state index in [0.29, 0.717) is 0 Å². The highest BCUT2D eigenvalue weighted by molar-refractivity contribution is 6.62. The van der Waals surface area contributed by atoms with Crippen LogP contribution in [0.25, 0.3) is 0 Å². The first-order valence-electron chi connectivity index (χ1n) is 6.97. The van der Waals surface area contributed by atoms with Crippen molar-refractivity contribution in [1.82, 2.24) is 0 Å². The Balaban J connectivity index is 1.74. The van der Waals surface area contributed by atoms with Crippen molar-refractivity contribution in [2.75, 3.05) is 0 Å². The molecule has 2 heterocycles. The van der Waals surface area contributed by atoms with E-state index < -0.39 is 0 Å². The first-order chi connectivity index (χ1) is 7.93. The van der Waals surface area contributed by atoms with Gasteiger partial charge in [-0.05, 0) is 6.32 Å². The van der Waals surface area contributed by atoms with Crippen LogP contribution in [0.3, 0.4) is 0 Å². The van der Waals surface area contributed by atoms with Crippen LogP contribution < -0.4 is 0 Å². The number of rotatable bonds is 2. The lowest BCUT2D eigenvalue weighted by Crippen LogP contribution is -2.36. The van der Waals surface area contributed by atoms with E-state index in [0.717, 1.165) is 18.3 Å². The van der Waals surface area contributed by atoms with Gasteiger partial charge in [-0.15, -0.1) is 0 Å². The van der Waals surface area contributed by atoms with Crippen molar-refractivity contribution in [3.63, 3.8) is 0 Å². The first-order valence-corrected chi connectivity index (χ1v) is 6.97. The first kappa shape index (κ1) is 10.4. The molecule has 0 spiro atoms. The molecule has 2 aliphatic rings. The van der Waals surface area contributed by atoms with Gasteiger partial charge in [0.15, 0.2) is 6.71 Å². The fourth-order valence-electron chi connectivity index (χ4n) is 4.03. The quantitative estimate of drug-likeness (QED) is 0.638. The van der Waals surface area contributed by atoms with Gasteiger partial charge >= 0.3 is 0 Å². The summed E-state index contributed by atoms with van der Waals surface area (Å²) in [5.41, 5.74) is 1.56. The van der Waals surface area contributed by atoms with Gasteiger partial charge < -0.3 is 0 Å². The summed E-state index contributed by atoms with van der Waals surface area (Å²) in [6.45, 7) is 1.00. The van der Waals surface area contributed by atoms with E-state index in [1.54, 1.807) is 5.56 Å². The fourth-order valence-corrected chi connectivity index (χ4v) is 4.03. The predicted octanol–water partition coefficient (Wildman–Crippen LogP) is 4.37. The van der Waals surface area contributed by atoms with Gasteiger partial charge in [-0.25, -0.2) is 0 Å². The third kappa shape index (κ3) is 2.05. The van der Waals surface area contributed by atoms with Crippen LogP contribution in [0.2, 0.25) is 11.6 Å². The van der Waals surface area contributed by atoms with Crippen LogP contribution in [-0.2, 0) is 6.32 Å². The molecule has 0 atom stereocenters. The summed E-state index contributed by atoms with van der Waals surface area (Å²) in [5.74, 6) is 2.10. The molecule has 0 aromatic heterocycles. The average molecular weight is 212 g/mol. The van der Waals surface area contributed by atoms with Gasteiger partial charge in [0, 0.05) is 0 Å². The topological polar surface area (TPSA) is 0 Å². The maximum absolute atomic E-state index is 2.31. The minimum absolute atomic E-state index is 1.00. The van der Waals surface area contributed by atoms with Gasteiger partial charge in [-0.3, -0.25) is 0 Å². The van der Waals surface area contributed by atoms with Crippen molar-refractivity contribution >= 4 is 6.71 Å². The molecule has 2 aliphatic heterocycles. The minimum Gasteiger partial charge on any atom is -0.0622 e. The molecule has 0 radical (unpaired) electrons. The summed E-state index contributed by atoms with van der Waals surface area (Å²) in [6.07, 6.45) is 10.4. The van der Waals surface area contributed by atoms with E-state index >= 15 is 0 Å². The van der Waals surface area contributed by atoms with Crippen LogP contribution in [0.1, 0.15) is 44.1 Å². The molecule has 0 unspecified atom stereocenters. The SMILES string of the molecule is c1ccc(CB2C3CCCC2CCC3)cc1. The van der Waals surface area contributed by atoms with Gasteiger partial charge in [-0.1, -0.05) is 86.1 Å². The Bertz CT molecular complexity index is 311. The van der Waals surface area contributed by atoms with Crippen LogP contribution in [0.15, 0.2) is 30.3 Å². The van der Waals surface area contributed by atoms with Gasteiger partial charge in [0.05, 0.1) is 0 Å². The molecule has 0 saturated carbocycles. The van der Waals surface area contributed by atoms with Crippen molar-refractivity contribution in [3.05, 3.63) is 35.9 Å². The number of hydrogen-bond donors (Lipinski definition) is 0. The molecule has 2 fully saturated rings. The zero-order valence-electron chi connectivity index (χ0n) is 10.1. The van der Waals surface area contributed by atoms with Crippen molar-refractivity contribution in [1.29, 1.82) is 0 Å². The molecule has 2 saturated heterocycles. The Labute approximate surface area is 99.5 Å². The lowest BCUT2D eigenvalue weighted by molar-refractivity contribution is 0.441. The van der Waals surface area contributed by atoms with Gasteiger partial charge in [0.1, 0.15) is 0 Å². The highest BCUT2D eigenvalue weighted by Crippen LogP contribution is 2.47.